The molecule has 1 aromatic rings. The third kappa shape index (κ3) is 14.8. The lowest BCUT2D eigenvalue weighted by atomic mass is 10.0. The third-order valence-electron chi connectivity index (χ3n) is 7.72. The Morgan fingerprint density at radius 2 is 0.978 bits per heavy atom. The summed E-state index contributed by atoms with van der Waals surface area (Å²) >= 11 is 0. The Balaban J connectivity index is 3.35. The lowest BCUT2D eigenvalue weighted by Gasteiger charge is -2.34. The van der Waals surface area contributed by atoms with E-state index in [4.69, 9.17) is 37.9 Å². The number of hydrogen-bond acceptors (Lipinski definition) is 10. The number of esters is 2. The van der Waals surface area contributed by atoms with Crippen LogP contribution in [0, 0.1) is 11.8 Å². The van der Waals surface area contributed by atoms with Crippen molar-refractivity contribution in [3.8, 4) is 0 Å². The van der Waals surface area contributed by atoms with E-state index in [0.717, 1.165) is 51.4 Å². The van der Waals surface area contributed by atoms with Crippen molar-refractivity contribution in [3.05, 3.63) is 35.4 Å². The number of unbranched alkanes of at least 4 members (excludes halogenated alkanes) is 2. The van der Waals surface area contributed by atoms with Gasteiger partial charge in [-0.3, -0.25) is 0 Å². The molecule has 0 N–H and O–H groups in total. The van der Waals surface area contributed by atoms with Crippen LogP contribution in [0.1, 0.15) is 127 Å². The number of carbonyl (C=O) groups excluding carboxylic acids is 2. The zero-order chi connectivity index (χ0) is 34.3. The van der Waals surface area contributed by atoms with Crippen LogP contribution >= 0.6 is 0 Å². The Bertz CT molecular complexity index is 881. The van der Waals surface area contributed by atoms with Gasteiger partial charge in [-0.05, 0) is 64.5 Å². The molecular weight excluding hydrogens is 592 g/mol. The van der Waals surface area contributed by atoms with Gasteiger partial charge in [-0.2, -0.15) is 0 Å². The summed E-state index contributed by atoms with van der Waals surface area (Å²) in [6.45, 7) is 17.3. The normalized spacial score (nSPS) is 15.5. The Morgan fingerprint density at radius 1 is 0.587 bits per heavy atom. The van der Waals surface area contributed by atoms with E-state index in [0.29, 0.717) is 26.4 Å². The fourth-order valence-corrected chi connectivity index (χ4v) is 4.84. The second kappa shape index (κ2) is 24.1. The third-order valence-corrected chi connectivity index (χ3v) is 7.72. The number of rotatable bonds is 28. The molecule has 0 aliphatic heterocycles. The standard InChI is InChI=1S/C36H62O10/c1-9-17-21-29(11-3)25-43-35(41-15-7,27-39-13-5)45-33(37)31-23-19-20-24-32(31)34(38)46-36(42-16-8,28-40-14-6)44-26-30(12-4)22-18-10-2/h19-20,23-24,29-30H,9-18,21-22,25-28H2,1-8H3. The summed E-state index contributed by atoms with van der Waals surface area (Å²) in [6.07, 6.45) is 8.06. The van der Waals surface area contributed by atoms with Crippen LogP contribution < -0.4 is 0 Å². The van der Waals surface area contributed by atoms with Gasteiger partial charge in [0.15, 0.2) is 0 Å². The van der Waals surface area contributed by atoms with Crippen molar-refractivity contribution < 1.29 is 47.5 Å². The molecule has 0 radical (unpaired) electrons. The predicted molar refractivity (Wildman–Crippen MR) is 177 cm³/mol. The first-order chi connectivity index (χ1) is 22.2. The van der Waals surface area contributed by atoms with E-state index in [9.17, 15) is 9.59 Å². The van der Waals surface area contributed by atoms with Gasteiger partial charge in [0, 0.05) is 13.2 Å². The van der Waals surface area contributed by atoms with Crippen LogP contribution in [0.5, 0.6) is 0 Å². The van der Waals surface area contributed by atoms with Crippen molar-refractivity contribution in [2.45, 2.75) is 119 Å². The van der Waals surface area contributed by atoms with Crippen molar-refractivity contribution in [2.24, 2.45) is 11.8 Å². The van der Waals surface area contributed by atoms with Crippen LogP contribution in [0.3, 0.4) is 0 Å². The van der Waals surface area contributed by atoms with Crippen LogP contribution in [0.2, 0.25) is 0 Å². The smallest absolute Gasteiger partial charge is 0.354 e. The Morgan fingerprint density at radius 3 is 1.28 bits per heavy atom. The highest BCUT2D eigenvalue weighted by molar-refractivity contribution is 6.03. The molecule has 0 saturated heterocycles. The van der Waals surface area contributed by atoms with Crippen molar-refractivity contribution in [1.29, 1.82) is 0 Å². The Labute approximate surface area is 278 Å². The molecule has 4 atom stereocenters. The van der Waals surface area contributed by atoms with Gasteiger partial charge < -0.3 is 37.9 Å². The summed E-state index contributed by atoms with van der Waals surface area (Å²) < 4.78 is 47.4. The van der Waals surface area contributed by atoms with E-state index in [1.54, 1.807) is 26.0 Å². The molecule has 0 spiro atoms. The minimum absolute atomic E-state index is 0.0223. The highest BCUT2D eigenvalue weighted by Crippen LogP contribution is 2.27. The second-order valence-electron chi connectivity index (χ2n) is 11.3. The largest absolute Gasteiger partial charge is 0.402 e. The molecule has 1 rings (SSSR count). The summed E-state index contributed by atoms with van der Waals surface area (Å²) in [7, 11) is 0. The number of benzene rings is 1. The summed E-state index contributed by atoms with van der Waals surface area (Å²) in [5.41, 5.74) is -0.0446. The predicted octanol–water partition coefficient (Wildman–Crippen LogP) is 7.92. The average Bonchev–Trinajstić information content (AvgIpc) is 3.06. The Hall–Kier alpha value is -2.08. The van der Waals surface area contributed by atoms with Crippen molar-refractivity contribution in [3.63, 3.8) is 0 Å². The first kappa shape index (κ1) is 41.9. The number of carbonyl (C=O) groups is 2. The topological polar surface area (TPSA) is 108 Å². The lowest BCUT2D eigenvalue weighted by Crippen LogP contribution is -2.47. The average molecular weight is 655 g/mol. The molecule has 1 aromatic carbocycles. The van der Waals surface area contributed by atoms with Crippen molar-refractivity contribution in [2.75, 3.05) is 52.9 Å². The molecule has 10 nitrogen and oxygen atoms in total. The SMILES string of the molecule is CCCCC(CC)COC(COCC)(OCC)OC(=O)c1ccccc1C(=O)OC(COCC)(OCC)OCC(CC)CCCC. The van der Waals surface area contributed by atoms with E-state index in [1.165, 1.54) is 12.1 Å². The zero-order valence-electron chi connectivity index (χ0n) is 29.9. The van der Waals surface area contributed by atoms with Gasteiger partial charge in [-0.15, -0.1) is 0 Å². The minimum Gasteiger partial charge on any atom is -0.402 e. The molecule has 0 saturated carbocycles. The van der Waals surface area contributed by atoms with Gasteiger partial charge in [0.2, 0.25) is 0 Å². The van der Waals surface area contributed by atoms with Gasteiger partial charge in [0.1, 0.15) is 13.2 Å². The summed E-state index contributed by atoms with van der Waals surface area (Å²) in [5, 5.41) is 0. The Kier molecular flexibility index (Phi) is 22.0. The quantitative estimate of drug-likeness (QED) is 0.0653. The van der Waals surface area contributed by atoms with E-state index in [2.05, 4.69) is 27.7 Å². The fourth-order valence-electron chi connectivity index (χ4n) is 4.84. The minimum atomic E-state index is -1.79. The lowest BCUT2D eigenvalue weighted by molar-refractivity contribution is -0.373. The second-order valence-corrected chi connectivity index (χ2v) is 11.3. The molecule has 0 aliphatic carbocycles. The molecule has 46 heavy (non-hydrogen) atoms. The summed E-state index contributed by atoms with van der Waals surface area (Å²) in [6, 6.07) is 6.28. The number of hydrogen-bond donors (Lipinski definition) is 0. The van der Waals surface area contributed by atoms with Crippen LogP contribution in [0.4, 0.5) is 0 Å². The van der Waals surface area contributed by atoms with Gasteiger partial charge in [0.05, 0.1) is 37.6 Å². The van der Waals surface area contributed by atoms with E-state index < -0.39 is 23.9 Å². The van der Waals surface area contributed by atoms with Gasteiger partial charge in [0.25, 0.3) is 0 Å². The van der Waals surface area contributed by atoms with E-state index >= 15 is 0 Å². The first-order valence-electron chi connectivity index (χ1n) is 17.5. The molecule has 0 aliphatic rings. The molecule has 0 fully saturated rings. The van der Waals surface area contributed by atoms with Crippen molar-refractivity contribution in [1.82, 2.24) is 0 Å². The zero-order valence-corrected chi connectivity index (χ0v) is 29.9. The highest BCUT2D eigenvalue weighted by atomic mass is 16.9. The molecule has 266 valence electrons. The monoisotopic (exact) mass is 654 g/mol. The summed E-state index contributed by atoms with van der Waals surface area (Å²) in [5.74, 6) is -4.71. The molecule has 0 bridgehead atoms. The van der Waals surface area contributed by atoms with Gasteiger partial charge >= 0.3 is 23.9 Å². The summed E-state index contributed by atoms with van der Waals surface area (Å²) in [4.78, 5) is 27.6. The van der Waals surface area contributed by atoms with Crippen LogP contribution in [-0.4, -0.2) is 76.7 Å². The fraction of sp³-hybridized carbons (Fsp3) is 0.778. The maximum atomic E-state index is 13.8. The molecular formula is C36H62O10. The van der Waals surface area contributed by atoms with Crippen LogP contribution in [0.15, 0.2) is 24.3 Å². The van der Waals surface area contributed by atoms with E-state index in [-0.39, 0.29) is 49.4 Å². The molecule has 4 unspecified atom stereocenters. The highest BCUT2D eigenvalue weighted by Gasteiger charge is 2.42. The molecule has 0 heterocycles. The van der Waals surface area contributed by atoms with Crippen molar-refractivity contribution >= 4 is 11.9 Å². The van der Waals surface area contributed by atoms with Crippen LogP contribution in [0.25, 0.3) is 0 Å². The maximum Gasteiger partial charge on any atom is 0.354 e. The van der Waals surface area contributed by atoms with Gasteiger partial charge in [-0.1, -0.05) is 78.4 Å². The maximum absolute atomic E-state index is 13.8. The first-order valence-corrected chi connectivity index (χ1v) is 17.5. The molecule has 10 heteroatoms. The van der Waals surface area contributed by atoms with Gasteiger partial charge in [-0.25, -0.2) is 9.59 Å². The number of ether oxygens (including phenoxy) is 8. The molecule has 0 aromatic heterocycles. The molecule has 0 amide bonds. The van der Waals surface area contributed by atoms with Crippen LogP contribution in [-0.2, 0) is 37.9 Å². The van der Waals surface area contributed by atoms with E-state index in [1.807, 2.05) is 13.8 Å².